The molecule has 0 fully saturated rings. The minimum atomic E-state index is -1.44. The van der Waals surface area contributed by atoms with Crippen molar-refractivity contribution in [2.24, 2.45) is 0 Å². The smallest absolute Gasteiger partial charge is 0.376 e. The highest BCUT2D eigenvalue weighted by molar-refractivity contribution is 7.26. The third kappa shape index (κ3) is 3.24. The van der Waals surface area contributed by atoms with Crippen LogP contribution in [0.4, 0.5) is 0 Å². The van der Waals surface area contributed by atoms with Crippen LogP contribution in [0, 0.1) is 0 Å². The number of hydrogen-bond acceptors (Lipinski definition) is 5. The lowest BCUT2D eigenvalue weighted by molar-refractivity contribution is -0.146. The van der Waals surface area contributed by atoms with E-state index >= 15 is 0 Å². The minimum absolute atomic E-state index is 0.857. The van der Waals surface area contributed by atoms with Crippen LogP contribution < -0.4 is 0 Å². The van der Waals surface area contributed by atoms with Crippen molar-refractivity contribution >= 4 is 51.8 Å². The molecule has 3 nitrogen and oxygen atoms in total. The fourth-order valence-electron chi connectivity index (χ4n) is 1.83. The van der Waals surface area contributed by atoms with Gasteiger partial charge in [-0.1, -0.05) is 6.07 Å². The van der Waals surface area contributed by atoms with Crippen LogP contribution in [0.3, 0.4) is 0 Å². The van der Waals surface area contributed by atoms with Gasteiger partial charge in [0.25, 0.3) is 5.78 Å². The average molecular weight is 346 g/mol. The summed E-state index contributed by atoms with van der Waals surface area (Å²) in [5.74, 6) is -2.35. The number of hydrogen-bond donors (Lipinski definition) is 1. The predicted molar refractivity (Wildman–Crippen MR) is 92.6 cm³/mol. The summed E-state index contributed by atoms with van der Waals surface area (Å²) in [6.45, 7) is 0. The number of rotatable bonds is 5. The van der Waals surface area contributed by atoms with Crippen LogP contribution in [0.15, 0.2) is 47.9 Å². The van der Waals surface area contributed by atoms with Gasteiger partial charge in [-0.2, -0.15) is 0 Å². The third-order valence-electron chi connectivity index (χ3n) is 2.85. The highest BCUT2D eigenvalue weighted by Crippen LogP contribution is 2.39. The molecule has 0 saturated carbocycles. The van der Waals surface area contributed by atoms with Crippen LogP contribution >= 0.6 is 34.0 Å². The van der Waals surface area contributed by atoms with E-state index < -0.39 is 11.8 Å². The molecule has 0 amide bonds. The Hall–Kier alpha value is -2.02. The molecule has 0 saturated heterocycles. The lowest BCUT2D eigenvalue weighted by Gasteiger charge is -1.90. The molecule has 0 radical (unpaired) electrons. The number of aliphatic carboxylic acids is 1. The number of carbonyl (C=O) groups is 2. The van der Waals surface area contributed by atoms with Crippen LogP contribution in [-0.4, -0.2) is 16.9 Å². The fraction of sp³-hybridized carbons (Fsp3) is 0. The van der Waals surface area contributed by atoms with Crippen LogP contribution in [-0.2, 0) is 9.59 Å². The first-order valence-corrected chi connectivity index (χ1v) is 8.84. The first-order chi connectivity index (χ1) is 10.6. The van der Waals surface area contributed by atoms with E-state index in [1.54, 1.807) is 28.7 Å². The monoisotopic (exact) mass is 346 g/mol. The molecule has 6 heteroatoms. The summed E-state index contributed by atoms with van der Waals surface area (Å²) in [7, 11) is 0. The molecule has 0 aromatic carbocycles. The Morgan fingerprint density at radius 3 is 2.27 bits per heavy atom. The maximum absolute atomic E-state index is 11.0. The van der Waals surface area contributed by atoms with E-state index in [1.807, 2.05) is 18.2 Å². The molecule has 1 N–H and O–H groups in total. The van der Waals surface area contributed by atoms with E-state index in [-0.39, 0.29) is 0 Å². The molecule has 3 heterocycles. The van der Waals surface area contributed by atoms with Gasteiger partial charge in [0.2, 0.25) is 0 Å². The molecule has 0 aliphatic heterocycles. The van der Waals surface area contributed by atoms with Gasteiger partial charge in [-0.15, -0.1) is 34.0 Å². The van der Waals surface area contributed by atoms with E-state index in [9.17, 15) is 9.59 Å². The summed E-state index contributed by atoms with van der Waals surface area (Å²) in [6, 6.07) is 12.2. The Morgan fingerprint density at radius 1 is 0.909 bits per heavy atom. The summed E-state index contributed by atoms with van der Waals surface area (Å²) in [5, 5.41) is 10.6. The van der Waals surface area contributed by atoms with Gasteiger partial charge in [0.05, 0.1) is 0 Å². The molecule has 22 heavy (non-hydrogen) atoms. The first kappa shape index (κ1) is 14.9. The van der Waals surface area contributed by atoms with E-state index in [2.05, 4.69) is 23.6 Å². The normalized spacial score (nSPS) is 11.1. The second-order valence-electron chi connectivity index (χ2n) is 4.35. The van der Waals surface area contributed by atoms with Crippen LogP contribution in [0.2, 0.25) is 0 Å². The number of carboxylic acids is 1. The average Bonchev–Trinajstić information content (AvgIpc) is 3.22. The SMILES string of the molecule is O=C(O)C(=O)C=Cc1ccc(-c2ccc(-c3cccs3)s2)s1. The molecular weight excluding hydrogens is 336 g/mol. The molecule has 0 bridgehead atoms. The van der Waals surface area contributed by atoms with E-state index in [0.717, 1.165) is 20.7 Å². The van der Waals surface area contributed by atoms with Crippen molar-refractivity contribution in [1.82, 2.24) is 0 Å². The van der Waals surface area contributed by atoms with Gasteiger partial charge in [-0.05, 0) is 47.9 Å². The molecule has 3 aromatic rings. The standard InChI is InChI=1S/C16H10O3S3/c17-11(16(18)19)5-3-10-4-6-14(21-10)15-8-7-13(22-15)12-2-1-9-20-12/h1-9H,(H,18,19). The molecule has 0 atom stereocenters. The zero-order chi connectivity index (χ0) is 15.5. The number of ketones is 1. The Labute approximate surface area is 138 Å². The highest BCUT2D eigenvalue weighted by Gasteiger charge is 2.09. The topological polar surface area (TPSA) is 54.4 Å². The van der Waals surface area contributed by atoms with Crippen molar-refractivity contribution in [3.8, 4) is 19.5 Å². The predicted octanol–water partition coefficient (Wildman–Crippen LogP) is 4.87. The molecule has 0 unspecified atom stereocenters. The lowest BCUT2D eigenvalue weighted by atomic mass is 10.3. The molecule has 110 valence electrons. The Bertz CT molecular complexity index is 838. The fourth-order valence-corrected chi connectivity index (χ4v) is 4.67. The Morgan fingerprint density at radius 2 is 1.59 bits per heavy atom. The number of carbonyl (C=O) groups excluding carboxylic acids is 1. The maximum Gasteiger partial charge on any atom is 0.376 e. The maximum atomic E-state index is 11.0. The third-order valence-corrected chi connectivity index (χ3v) is 6.25. The lowest BCUT2D eigenvalue weighted by Crippen LogP contribution is -2.08. The van der Waals surface area contributed by atoms with Crippen molar-refractivity contribution in [2.45, 2.75) is 0 Å². The van der Waals surface area contributed by atoms with Gasteiger partial charge < -0.3 is 5.11 Å². The van der Waals surface area contributed by atoms with Crippen molar-refractivity contribution in [3.63, 3.8) is 0 Å². The summed E-state index contributed by atoms with van der Waals surface area (Å²) < 4.78 is 0. The molecule has 0 spiro atoms. The zero-order valence-corrected chi connectivity index (χ0v) is 13.6. The Kier molecular flexibility index (Phi) is 4.33. The summed E-state index contributed by atoms with van der Waals surface area (Å²) in [5.41, 5.74) is 0. The number of thiophene rings is 3. The molecule has 3 rings (SSSR count). The Balaban J connectivity index is 1.79. The second-order valence-corrected chi connectivity index (χ2v) is 7.49. The zero-order valence-electron chi connectivity index (χ0n) is 11.2. The van der Waals surface area contributed by atoms with Crippen LogP contribution in [0.5, 0.6) is 0 Å². The van der Waals surface area contributed by atoms with Crippen molar-refractivity contribution in [3.05, 3.63) is 52.7 Å². The quantitative estimate of drug-likeness (QED) is 0.529. The first-order valence-electron chi connectivity index (χ1n) is 6.33. The number of carboxylic acid groups (broad SMARTS) is 1. The van der Waals surface area contributed by atoms with E-state index in [4.69, 9.17) is 5.11 Å². The van der Waals surface area contributed by atoms with Gasteiger partial charge >= 0.3 is 5.97 Å². The van der Waals surface area contributed by atoms with Gasteiger partial charge in [0.15, 0.2) is 0 Å². The second kappa shape index (κ2) is 6.39. The summed E-state index contributed by atoms with van der Waals surface area (Å²) in [6.07, 6.45) is 2.63. The van der Waals surface area contributed by atoms with Crippen molar-refractivity contribution in [2.75, 3.05) is 0 Å². The van der Waals surface area contributed by atoms with Crippen molar-refractivity contribution in [1.29, 1.82) is 0 Å². The van der Waals surface area contributed by atoms with Crippen molar-refractivity contribution < 1.29 is 14.7 Å². The molecule has 3 aromatic heterocycles. The van der Waals surface area contributed by atoms with Crippen LogP contribution in [0.25, 0.3) is 25.6 Å². The minimum Gasteiger partial charge on any atom is -0.475 e. The summed E-state index contributed by atoms with van der Waals surface area (Å²) >= 11 is 4.97. The molecular formula is C16H10O3S3. The highest BCUT2D eigenvalue weighted by atomic mass is 32.1. The summed E-state index contributed by atoms with van der Waals surface area (Å²) in [4.78, 5) is 27.1. The van der Waals surface area contributed by atoms with E-state index in [0.29, 0.717) is 0 Å². The van der Waals surface area contributed by atoms with Gasteiger partial charge in [-0.25, -0.2) is 4.79 Å². The van der Waals surface area contributed by atoms with Gasteiger partial charge in [-0.3, -0.25) is 4.79 Å². The van der Waals surface area contributed by atoms with E-state index in [1.165, 1.54) is 21.1 Å². The largest absolute Gasteiger partial charge is 0.475 e. The molecule has 0 aliphatic carbocycles. The molecule has 0 aliphatic rings. The van der Waals surface area contributed by atoms with Gasteiger partial charge in [0.1, 0.15) is 0 Å². The van der Waals surface area contributed by atoms with Crippen LogP contribution in [0.1, 0.15) is 4.88 Å². The van der Waals surface area contributed by atoms with Gasteiger partial charge in [0, 0.05) is 24.4 Å².